The average molecular weight is 336 g/mol. The fraction of sp³-hybridized carbons (Fsp3) is 0.850. The molecule has 0 bridgehead atoms. The first-order valence-corrected chi connectivity index (χ1v) is 9.39. The zero-order chi connectivity index (χ0) is 17.5. The second-order valence-electron chi connectivity index (χ2n) is 9.44. The number of aliphatic hydroxyl groups is 2. The smallest absolute Gasteiger partial charge is 0.155 e. The van der Waals surface area contributed by atoms with E-state index in [2.05, 4.69) is 0 Å². The number of halogens is 1. The topological polar surface area (TPSA) is 57.5 Å². The summed E-state index contributed by atoms with van der Waals surface area (Å²) < 4.78 is 16.6. The highest BCUT2D eigenvalue weighted by Crippen LogP contribution is 2.70. The van der Waals surface area contributed by atoms with Gasteiger partial charge in [-0.25, -0.2) is 4.39 Å². The van der Waals surface area contributed by atoms with Crippen LogP contribution in [0.4, 0.5) is 4.39 Å². The molecule has 0 aromatic rings. The third-order valence-electron chi connectivity index (χ3n) is 8.60. The zero-order valence-corrected chi connectivity index (χ0v) is 14.9. The Hall–Kier alpha value is -0.740. The van der Waals surface area contributed by atoms with Crippen molar-refractivity contribution in [2.24, 2.45) is 22.7 Å². The van der Waals surface area contributed by atoms with Gasteiger partial charge in [-0.1, -0.05) is 19.4 Å². The number of carbonyl (C=O) groups excluding carboxylic acids is 1. The van der Waals surface area contributed by atoms with Gasteiger partial charge in [-0.05, 0) is 57.4 Å². The molecule has 0 aliphatic heterocycles. The van der Waals surface area contributed by atoms with Gasteiger partial charge in [0, 0.05) is 23.2 Å². The number of rotatable bonds is 0. The van der Waals surface area contributed by atoms with E-state index in [1.165, 1.54) is 0 Å². The molecule has 4 rings (SSSR count). The monoisotopic (exact) mass is 336 g/mol. The second-order valence-corrected chi connectivity index (χ2v) is 9.44. The molecule has 0 aromatic carbocycles. The fourth-order valence-corrected chi connectivity index (χ4v) is 6.79. The van der Waals surface area contributed by atoms with Crippen LogP contribution in [0.15, 0.2) is 11.6 Å². The molecule has 134 valence electrons. The number of aliphatic hydroxyl groups excluding tert-OH is 1. The van der Waals surface area contributed by atoms with Crippen LogP contribution in [-0.2, 0) is 4.79 Å². The Labute approximate surface area is 143 Å². The van der Waals surface area contributed by atoms with Gasteiger partial charge in [0.05, 0.1) is 11.7 Å². The van der Waals surface area contributed by atoms with E-state index in [4.69, 9.17) is 0 Å². The molecule has 3 saturated carbocycles. The van der Waals surface area contributed by atoms with Gasteiger partial charge < -0.3 is 10.2 Å². The Balaban J connectivity index is 1.82. The van der Waals surface area contributed by atoms with Crippen LogP contribution < -0.4 is 0 Å². The lowest BCUT2D eigenvalue weighted by Gasteiger charge is -2.63. The molecular weight excluding hydrogens is 307 g/mol. The summed E-state index contributed by atoms with van der Waals surface area (Å²) in [6.07, 6.45) is 4.60. The number of ketones is 1. The molecule has 2 N–H and O–H groups in total. The molecule has 0 spiro atoms. The van der Waals surface area contributed by atoms with Crippen molar-refractivity contribution >= 4 is 5.78 Å². The minimum absolute atomic E-state index is 0.0865. The van der Waals surface area contributed by atoms with Crippen molar-refractivity contribution in [1.82, 2.24) is 0 Å². The molecule has 0 heterocycles. The molecule has 4 heteroatoms. The van der Waals surface area contributed by atoms with Crippen LogP contribution in [0.5, 0.6) is 0 Å². The van der Waals surface area contributed by atoms with Crippen LogP contribution in [0, 0.1) is 22.7 Å². The predicted octanol–water partition coefficient (Wildman–Crippen LogP) is 3.33. The Morgan fingerprint density at radius 1 is 1.12 bits per heavy atom. The number of fused-ring (bicyclic) bond motifs is 5. The number of allylic oxidation sites excluding steroid dienone is 1. The summed E-state index contributed by atoms with van der Waals surface area (Å²) in [5, 5.41) is 21.9. The van der Waals surface area contributed by atoms with E-state index in [-0.39, 0.29) is 17.6 Å². The molecule has 4 aliphatic rings. The largest absolute Gasteiger partial charge is 0.390 e. The molecule has 0 saturated heterocycles. The van der Waals surface area contributed by atoms with Crippen LogP contribution in [0.1, 0.15) is 65.7 Å². The van der Waals surface area contributed by atoms with Gasteiger partial charge in [0.25, 0.3) is 0 Å². The molecule has 3 fully saturated rings. The van der Waals surface area contributed by atoms with E-state index < -0.39 is 28.2 Å². The third kappa shape index (κ3) is 1.72. The standard InChI is InChI=1S/C20H29FO3/c1-17-8-6-13(22)10-12(17)4-5-15-14-7-9-19(3,24)18(14,2)11-16(23)20(15,17)21/h10,14-16,23-24H,4-9,11H2,1-3H3/t14-,15-,16-,17-,18-,19+,20-/m0/s1. The molecular formula is C20H29FO3. The van der Waals surface area contributed by atoms with Gasteiger partial charge in [-0.15, -0.1) is 0 Å². The minimum atomic E-state index is -1.69. The number of hydrogen-bond donors (Lipinski definition) is 2. The van der Waals surface area contributed by atoms with Gasteiger partial charge in [0.1, 0.15) is 5.67 Å². The van der Waals surface area contributed by atoms with Crippen molar-refractivity contribution in [3.05, 3.63) is 11.6 Å². The first-order valence-electron chi connectivity index (χ1n) is 9.39. The molecule has 4 aliphatic carbocycles. The van der Waals surface area contributed by atoms with E-state index in [1.807, 2.05) is 20.8 Å². The van der Waals surface area contributed by atoms with Crippen molar-refractivity contribution in [2.45, 2.75) is 83.1 Å². The molecule has 0 aromatic heterocycles. The SMILES string of the molecule is C[C@]12CCC(=O)C=C1CC[C@H]1[C@@H]3CC[C@@](C)(O)[C@@]3(C)C[C@H](O)[C@@]12F. The van der Waals surface area contributed by atoms with E-state index in [0.29, 0.717) is 32.1 Å². The summed E-state index contributed by atoms with van der Waals surface area (Å²) in [5.41, 5.74) is -2.83. The van der Waals surface area contributed by atoms with Crippen molar-refractivity contribution < 1.29 is 19.4 Å². The zero-order valence-electron chi connectivity index (χ0n) is 14.9. The van der Waals surface area contributed by atoms with Gasteiger partial charge in [-0.3, -0.25) is 4.79 Å². The summed E-state index contributed by atoms with van der Waals surface area (Å²) in [6.45, 7) is 5.79. The van der Waals surface area contributed by atoms with Crippen LogP contribution in [-0.4, -0.2) is 33.4 Å². The lowest BCUT2D eigenvalue weighted by atomic mass is 9.44. The highest BCUT2D eigenvalue weighted by Gasteiger charge is 2.72. The quantitative estimate of drug-likeness (QED) is 0.713. The third-order valence-corrected chi connectivity index (χ3v) is 8.60. The number of carbonyl (C=O) groups is 1. The second kappa shape index (κ2) is 4.70. The molecule has 24 heavy (non-hydrogen) atoms. The molecule has 3 nitrogen and oxygen atoms in total. The maximum atomic E-state index is 16.6. The highest BCUT2D eigenvalue weighted by atomic mass is 19.1. The summed E-state index contributed by atoms with van der Waals surface area (Å²) >= 11 is 0. The van der Waals surface area contributed by atoms with E-state index in [9.17, 15) is 15.0 Å². The Morgan fingerprint density at radius 3 is 2.54 bits per heavy atom. The summed E-state index contributed by atoms with van der Waals surface area (Å²) in [6, 6.07) is 0. The first-order chi connectivity index (χ1) is 11.1. The Bertz CT molecular complexity index is 626. The number of alkyl halides is 1. The van der Waals surface area contributed by atoms with Crippen molar-refractivity contribution in [2.75, 3.05) is 0 Å². The van der Waals surface area contributed by atoms with Crippen LogP contribution in [0.3, 0.4) is 0 Å². The van der Waals surface area contributed by atoms with Crippen LogP contribution in [0.2, 0.25) is 0 Å². The summed E-state index contributed by atoms with van der Waals surface area (Å²) in [4.78, 5) is 11.8. The van der Waals surface area contributed by atoms with Crippen LogP contribution in [0.25, 0.3) is 0 Å². The van der Waals surface area contributed by atoms with E-state index >= 15 is 4.39 Å². The van der Waals surface area contributed by atoms with Gasteiger partial charge in [0.2, 0.25) is 0 Å². The lowest BCUT2D eigenvalue weighted by molar-refractivity contribution is -0.225. The molecule has 0 radical (unpaired) electrons. The average Bonchev–Trinajstić information content (AvgIpc) is 2.72. The van der Waals surface area contributed by atoms with Gasteiger partial charge in [0.15, 0.2) is 5.78 Å². The lowest BCUT2D eigenvalue weighted by Crippen LogP contribution is -2.68. The fourth-order valence-electron chi connectivity index (χ4n) is 6.79. The van der Waals surface area contributed by atoms with Crippen molar-refractivity contribution in [3.8, 4) is 0 Å². The maximum absolute atomic E-state index is 16.6. The Morgan fingerprint density at radius 2 is 1.83 bits per heavy atom. The van der Waals surface area contributed by atoms with E-state index in [0.717, 1.165) is 18.4 Å². The minimum Gasteiger partial charge on any atom is -0.390 e. The molecule has 0 amide bonds. The van der Waals surface area contributed by atoms with Gasteiger partial charge in [-0.2, -0.15) is 0 Å². The maximum Gasteiger partial charge on any atom is 0.155 e. The Kier molecular flexibility index (Phi) is 3.27. The van der Waals surface area contributed by atoms with Crippen LogP contribution >= 0.6 is 0 Å². The van der Waals surface area contributed by atoms with Crippen molar-refractivity contribution in [1.29, 1.82) is 0 Å². The summed E-state index contributed by atoms with van der Waals surface area (Å²) in [7, 11) is 0. The van der Waals surface area contributed by atoms with Gasteiger partial charge >= 0.3 is 0 Å². The first kappa shape index (κ1) is 16.7. The highest BCUT2D eigenvalue weighted by molar-refractivity contribution is 5.91. The van der Waals surface area contributed by atoms with Crippen molar-refractivity contribution in [3.63, 3.8) is 0 Å². The normalized spacial score (nSPS) is 57.0. The molecule has 7 atom stereocenters. The molecule has 0 unspecified atom stereocenters. The summed E-state index contributed by atoms with van der Waals surface area (Å²) in [5.74, 6) is -0.0593. The predicted molar refractivity (Wildman–Crippen MR) is 89.1 cm³/mol. The number of hydrogen-bond acceptors (Lipinski definition) is 3. The van der Waals surface area contributed by atoms with E-state index in [1.54, 1.807) is 6.08 Å².